The zero-order valence-electron chi connectivity index (χ0n) is 17.2. The Hall–Kier alpha value is -2.97. The molecule has 5 rings (SSSR count). The van der Waals surface area contributed by atoms with Crippen LogP contribution in [0, 0.1) is 26.4 Å². The Morgan fingerprint density at radius 2 is 1.77 bits per heavy atom. The zero-order chi connectivity index (χ0) is 21.6. The molecule has 3 aliphatic heterocycles. The van der Waals surface area contributed by atoms with E-state index in [0.29, 0.717) is 5.56 Å². The van der Waals surface area contributed by atoms with Crippen LogP contribution in [0.5, 0.6) is 0 Å². The first kappa shape index (κ1) is 19.0. The highest BCUT2D eigenvalue weighted by Gasteiger charge is 2.70. The number of carbonyl (C=O) groups is 3. The van der Waals surface area contributed by atoms with Crippen LogP contribution in [0.1, 0.15) is 45.6 Å². The molecule has 9 heteroatoms. The van der Waals surface area contributed by atoms with Crippen molar-refractivity contribution < 1.29 is 19.3 Å². The van der Waals surface area contributed by atoms with Crippen LogP contribution in [0.25, 0.3) is 0 Å². The minimum absolute atomic E-state index is 0.0224. The summed E-state index contributed by atoms with van der Waals surface area (Å²) in [5.41, 5.74) is -0.451. The Labute approximate surface area is 173 Å². The van der Waals surface area contributed by atoms with Crippen molar-refractivity contribution in [2.45, 2.75) is 58.5 Å². The zero-order valence-corrected chi connectivity index (χ0v) is 17.2. The molecule has 9 nitrogen and oxygen atoms in total. The fourth-order valence-corrected chi connectivity index (χ4v) is 7.05. The van der Waals surface area contributed by atoms with Crippen LogP contribution in [-0.2, 0) is 16.0 Å². The molecule has 158 valence electrons. The lowest BCUT2D eigenvalue weighted by Gasteiger charge is -2.52. The fourth-order valence-electron chi connectivity index (χ4n) is 7.05. The van der Waals surface area contributed by atoms with E-state index in [0.717, 1.165) is 24.9 Å². The van der Waals surface area contributed by atoms with Gasteiger partial charge in [0.05, 0.1) is 11.0 Å². The monoisotopic (exact) mass is 412 g/mol. The largest absolute Gasteiger partial charge is 0.363 e. The number of hydrogen-bond acceptors (Lipinski definition) is 6. The molecule has 2 bridgehead atoms. The average molecular weight is 412 g/mol. The van der Waals surface area contributed by atoms with Crippen LogP contribution in [0.4, 0.5) is 16.2 Å². The lowest BCUT2D eigenvalue weighted by atomic mass is 9.56. The predicted molar refractivity (Wildman–Crippen MR) is 107 cm³/mol. The Morgan fingerprint density at radius 1 is 1.10 bits per heavy atom. The molecular weight excluding hydrogens is 388 g/mol. The molecular formula is C21H24N4O5. The summed E-state index contributed by atoms with van der Waals surface area (Å²) in [4.78, 5) is 51.5. The first-order valence-corrected chi connectivity index (χ1v) is 10.2. The van der Waals surface area contributed by atoms with Gasteiger partial charge in [-0.2, -0.15) is 0 Å². The van der Waals surface area contributed by atoms with E-state index in [-0.39, 0.29) is 29.0 Å². The van der Waals surface area contributed by atoms with Gasteiger partial charge in [-0.15, -0.1) is 0 Å². The number of anilines is 1. The van der Waals surface area contributed by atoms with Crippen molar-refractivity contribution in [3.8, 4) is 0 Å². The molecule has 1 aliphatic carbocycles. The molecule has 4 aliphatic rings. The molecule has 4 amide bonds. The second kappa shape index (κ2) is 5.59. The van der Waals surface area contributed by atoms with E-state index >= 15 is 0 Å². The number of benzene rings is 1. The number of fused-ring (bicyclic) bond motifs is 8. The molecule has 1 saturated carbocycles. The molecule has 0 aromatic heterocycles. The fraction of sp³-hybridized carbons (Fsp3) is 0.571. The van der Waals surface area contributed by atoms with Crippen molar-refractivity contribution >= 4 is 29.2 Å². The summed E-state index contributed by atoms with van der Waals surface area (Å²) in [5.74, 6) is -1.23. The molecule has 3 atom stereocenters. The van der Waals surface area contributed by atoms with Crippen molar-refractivity contribution in [1.82, 2.24) is 10.6 Å². The highest BCUT2D eigenvalue weighted by atomic mass is 16.6. The molecule has 2 N–H and O–H groups in total. The van der Waals surface area contributed by atoms with Crippen molar-refractivity contribution in [3.63, 3.8) is 0 Å². The third kappa shape index (κ3) is 2.31. The molecule has 1 aromatic rings. The van der Waals surface area contributed by atoms with Crippen molar-refractivity contribution in [1.29, 1.82) is 0 Å². The van der Waals surface area contributed by atoms with E-state index in [1.54, 1.807) is 6.07 Å². The number of rotatable bonds is 1. The molecule has 30 heavy (non-hydrogen) atoms. The molecule has 0 unspecified atom stereocenters. The van der Waals surface area contributed by atoms with Gasteiger partial charge in [0.25, 0.3) is 5.69 Å². The van der Waals surface area contributed by atoms with Gasteiger partial charge in [0, 0.05) is 30.3 Å². The number of nitro groups is 1. The normalized spacial score (nSPS) is 32.9. The second-order valence-electron chi connectivity index (χ2n) is 10.3. The van der Waals surface area contributed by atoms with Gasteiger partial charge in [-0.1, -0.05) is 20.8 Å². The van der Waals surface area contributed by atoms with Gasteiger partial charge in [0.15, 0.2) is 5.41 Å². The quantitative estimate of drug-likeness (QED) is 0.415. The standard InChI is InChI=1S/C21H24N4O5/c1-19(2)8-13-9-20(3,10-19)15-21(16(26)22-18(28)23-17(21)27)7-11-6-12(25(29)30)4-5-14(11)24(13)15/h4-6,13,15H,7-10H2,1-3H3,(H2,22,23,26,27,28)/t13-,15+,20-/m1/s1. The molecule has 1 aromatic carbocycles. The number of urea groups is 1. The van der Waals surface area contributed by atoms with E-state index in [2.05, 4.69) is 36.3 Å². The molecule has 3 heterocycles. The number of nitrogens with one attached hydrogen (secondary N) is 2. The summed E-state index contributed by atoms with van der Waals surface area (Å²) in [7, 11) is 0. The van der Waals surface area contributed by atoms with Gasteiger partial charge >= 0.3 is 6.03 Å². The number of nitro benzene ring substituents is 1. The number of amides is 4. The van der Waals surface area contributed by atoms with Gasteiger partial charge in [-0.3, -0.25) is 30.3 Å². The topological polar surface area (TPSA) is 122 Å². The molecule has 1 spiro atoms. The Morgan fingerprint density at radius 3 is 2.40 bits per heavy atom. The molecule has 3 fully saturated rings. The summed E-state index contributed by atoms with van der Waals surface area (Å²) in [6.45, 7) is 6.52. The van der Waals surface area contributed by atoms with Gasteiger partial charge < -0.3 is 4.90 Å². The van der Waals surface area contributed by atoms with Crippen LogP contribution in [0.3, 0.4) is 0 Å². The summed E-state index contributed by atoms with van der Waals surface area (Å²) < 4.78 is 0. The Bertz CT molecular complexity index is 1010. The van der Waals surface area contributed by atoms with E-state index < -0.39 is 34.2 Å². The average Bonchev–Trinajstić information content (AvgIpc) is 2.85. The van der Waals surface area contributed by atoms with Crippen LogP contribution in [-0.4, -0.2) is 34.9 Å². The first-order chi connectivity index (χ1) is 14.0. The van der Waals surface area contributed by atoms with Crippen LogP contribution in [0.15, 0.2) is 18.2 Å². The van der Waals surface area contributed by atoms with E-state index in [9.17, 15) is 24.5 Å². The lowest BCUT2D eigenvalue weighted by Crippen LogP contribution is -2.72. The third-order valence-corrected chi connectivity index (χ3v) is 7.46. The predicted octanol–water partition coefficient (Wildman–Crippen LogP) is 2.28. The maximum atomic E-state index is 13.3. The summed E-state index contributed by atoms with van der Waals surface area (Å²) in [6.07, 6.45) is 2.59. The number of carbonyl (C=O) groups excluding carboxylic acids is 3. The number of nitrogens with zero attached hydrogens (tertiary/aromatic N) is 2. The second-order valence-corrected chi connectivity index (χ2v) is 10.3. The van der Waals surface area contributed by atoms with Gasteiger partial charge in [0.2, 0.25) is 11.8 Å². The highest BCUT2D eigenvalue weighted by Crippen LogP contribution is 2.63. The van der Waals surface area contributed by atoms with Gasteiger partial charge in [0.1, 0.15) is 0 Å². The third-order valence-electron chi connectivity index (χ3n) is 7.46. The number of hydrogen-bond donors (Lipinski definition) is 2. The Kier molecular flexibility index (Phi) is 3.54. The van der Waals surface area contributed by atoms with Crippen molar-refractivity contribution in [2.24, 2.45) is 16.2 Å². The maximum Gasteiger partial charge on any atom is 0.328 e. The Balaban J connectivity index is 1.76. The summed E-state index contributed by atoms with van der Waals surface area (Å²) in [6, 6.07) is 3.54. The maximum absolute atomic E-state index is 13.3. The van der Waals surface area contributed by atoms with E-state index in [4.69, 9.17) is 0 Å². The van der Waals surface area contributed by atoms with Crippen LogP contribution in [0.2, 0.25) is 0 Å². The van der Waals surface area contributed by atoms with Crippen LogP contribution < -0.4 is 15.5 Å². The lowest BCUT2D eigenvalue weighted by molar-refractivity contribution is -0.384. The first-order valence-electron chi connectivity index (χ1n) is 10.2. The highest BCUT2D eigenvalue weighted by molar-refractivity contribution is 6.20. The summed E-state index contributed by atoms with van der Waals surface area (Å²) in [5, 5.41) is 16.0. The number of barbiturate groups is 1. The van der Waals surface area contributed by atoms with E-state index in [1.807, 2.05) is 0 Å². The van der Waals surface area contributed by atoms with Crippen molar-refractivity contribution in [3.05, 3.63) is 33.9 Å². The van der Waals surface area contributed by atoms with Crippen LogP contribution >= 0.6 is 0 Å². The smallest absolute Gasteiger partial charge is 0.328 e. The number of non-ortho nitro benzene ring substituents is 1. The SMILES string of the molecule is CC1(C)C[C@@H]2C[C@](C)(C1)[C@@H]1N2c2ccc([N+](=O)[O-])cc2CC12C(=O)NC(=O)NC2=O. The molecule has 2 saturated heterocycles. The number of imide groups is 2. The molecule has 0 radical (unpaired) electrons. The minimum atomic E-state index is -1.51. The van der Waals surface area contributed by atoms with Crippen molar-refractivity contribution in [2.75, 3.05) is 4.90 Å². The summed E-state index contributed by atoms with van der Waals surface area (Å²) >= 11 is 0. The minimum Gasteiger partial charge on any atom is -0.363 e. The van der Waals surface area contributed by atoms with Gasteiger partial charge in [-0.05, 0) is 41.7 Å². The van der Waals surface area contributed by atoms with E-state index in [1.165, 1.54) is 12.1 Å². The van der Waals surface area contributed by atoms with Gasteiger partial charge in [-0.25, -0.2) is 4.79 Å².